The Hall–Kier alpha value is -2.47. The maximum absolute atomic E-state index is 12.0. The van der Waals surface area contributed by atoms with E-state index in [1.807, 2.05) is 43.6 Å². The summed E-state index contributed by atoms with van der Waals surface area (Å²) in [7, 11) is 1.81. The van der Waals surface area contributed by atoms with E-state index in [0.29, 0.717) is 12.1 Å². The minimum atomic E-state index is -0.0507. The summed E-state index contributed by atoms with van der Waals surface area (Å²) in [4.78, 5) is 16.5. The fourth-order valence-corrected chi connectivity index (χ4v) is 2.79. The Morgan fingerprint density at radius 2 is 2.09 bits per heavy atom. The molecule has 1 amide bonds. The zero-order valence-electron chi connectivity index (χ0n) is 12.4. The van der Waals surface area contributed by atoms with E-state index < -0.39 is 0 Å². The van der Waals surface area contributed by atoms with Crippen LogP contribution in [0.3, 0.4) is 0 Å². The predicted molar refractivity (Wildman–Crippen MR) is 87.8 cm³/mol. The largest absolute Gasteiger partial charge is 0.323 e. The topological polar surface area (TPSA) is 59.8 Å². The number of thiazole rings is 1. The van der Waals surface area contributed by atoms with Crippen molar-refractivity contribution < 1.29 is 4.79 Å². The average Bonchev–Trinajstić information content (AvgIpc) is 3.08. The number of nitrogens with one attached hydrogen (secondary N) is 1. The second-order valence-corrected chi connectivity index (χ2v) is 6.14. The van der Waals surface area contributed by atoms with Crippen LogP contribution in [0.4, 0.5) is 5.69 Å². The summed E-state index contributed by atoms with van der Waals surface area (Å²) in [6, 6.07) is 7.93. The number of benzene rings is 1. The Kier molecular flexibility index (Phi) is 4.02. The maximum Gasteiger partial charge on any atom is 0.228 e. The molecule has 0 aliphatic carbocycles. The van der Waals surface area contributed by atoms with Gasteiger partial charge in [0.2, 0.25) is 5.91 Å². The average molecular weight is 312 g/mol. The molecule has 0 unspecified atom stereocenters. The van der Waals surface area contributed by atoms with Crippen LogP contribution in [-0.2, 0) is 18.3 Å². The third-order valence-corrected chi connectivity index (χ3v) is 4.00. The highest BCUT2D eigenvalue weighted by Gasteiger charge is 2.07. The quantitative estimate of drug-likeness (QED) is 0.805. The number of hydrogen-bond donors (Lipinski definition) is 1. The monoisotopic (exact) mass is 312 g/mol. The molecule has 3 rings (SSSR count). The number of amides is 1. The van der Waals surface area contributed by atoms with E-state index in [1.54, 1.807) is 28.4 Å². The van der Waals surface area contributed by atoms with Gasteiger partial charge in [-0.2, -0.15) is 5.10 Å². The van der Waals surface area contributed by atoms with Crippen LogP contribution >= 0.6 is 11.3 Å². The Balaban J connectivity index is 1.64. The molecule has 112 valence electrons. The van der Waals surface area contributed by atoms with Crippen LogP contribution in [-0.4, -0.2) is 20.7 Å². The molecule has 0 atom stereocenters. The lowest BCUT2D eigenvalue weighted by Crippen LogP contribution is -2.13. The Labute approximate surface area is 132 Å². The number of aryl methyl sites for hydroxylation is 2. The minimum absolute atomic E-state index is 0.0507. The smallest absolute Gasteiger partial charge is 0.228 e. The van der Waals surface area contributed by atoms with Gasteiger partial charge in [0.05, 0.1) is 29.0 Å². The summed E-state index contributed by atoms with van der Waals surface area (Å²) in [6.07, 6.45) is 3.74. The van der Waals surface area contributed by atoms with Crippen molar-refractivity contribution in [3.8, 4) is 11.3 Å². The molecule has 0 aliphatic heterocycles. The van der Waals surface area contributed by atoms with Crippen LogP contribution in [0.1, 0.15) is 10.6 Å². The molecule has 6 heteroatoms. The molecular formula is C16H16N4OS. The van der Waals surface area contributed by atoms with Gasteiger partial charge >= 0.3 is 0 Å². The van der Waals surface area contributed by atoms with E-state index in [-0.39, 0.29) is 5.91 Å². The standard InChI is InChI=1S/C16H16N4OS/c1-11-18-15(10-22-11)13-5-3-12(4-6-13)7-16(21)19-14-8-17-20(2)9-14/h3-6,8-10H,7H2,1-2H3,(H,19,21). The number of hydrogen-bond acceptors (Lipinski definition) is 4. The molecule has 0 saturated heterocycles. The lowest BCUT2D eigenvalue weighted by atomic mass is 10.1. The van der Waals surface area contributed by atoms with Crippen molar-refractivity contribution in [3.05, 3.63) is 52.6 Å². The van der Waals surface area contributed by atoms with E-state index in [0.717, 1.165) is 21.8 Å². The number of rotatable bonds is 4. The second-order valence-electron chi connectivity index (χ2n) is 5.08. The molecule has 1 aromatic carbocycles. The molecule has 5 nitrogen and oxygen atoms in total. The van der Waals surface area contributed by atoms with Gasteiger partial charge in [-0.05, 0) is 12.5 Å². The van der Waals surface area contributed by atoms with E-state index >= 15 is 0 Å². The first kappa shape index (κ1) is 14.5. The van der Waals surface area contributed by atoms with Gasteiger partial charge in [0, 0.05) is 24.2 Å². The van der Waals surface area contributed by atoms with Crippen LogP contribution in [0.5, 0.6) is 0 Å². The van der Waals surface area contributed by atoms with Crippen molar-refractivity contribution in [2.75, 3.05) is 5.32 Å². The molecule has 1 N–H and O–H groups in total. The van der Waals surface area contributed by atoms with Crippen molar-refractivity contribution in [1.82, 2.24) is 14.8 Å². The van der Waals surface area contributed by atoms with Gasteiger partial charge in [-0.15, -0.1) is 11.3 Å². The second kappa shape index (κ2) is 6.11. The van der Waals surface area contributed by atoms with Crippen LogP contribution in [0.2, 0.25) is 0 Å². The normalized spacial score (nSPS) is 10.6. The zero-order chi connectivity index (χ0) is 15.5. The SMILES string of the molecule is Cc1nc(-c2ccc(CC(=O)Nc3cnn(C)c3)cc2)cs1. The highest BCUT2D eigenvalue weighted by molar-refractivity contribution is 7.09. The minimum Gasteiger partial charge on any atom is -0.323 e. The fourth-order valence-electron chi connectivity index (χ4n) is 2.17. The van der Waals surface area contributed by atoms with Crippen molar-refractivity contribution in [3.63, 3.8) is 0 Å². The predicted octanol–water partition coefficient (Wildman–Crippen LogP) is 3.03. The molecule has 2 heterocycles. The van der Waals surface area contributed by atoms with Gasteiger partial charge in [-0.3, -0.25) is 9.48 Å². The van der Waals surface area contributed by atoms with Gasteiger partial charge in [-0.25, -0.2) is 4.98 Å². The lowest BCUT2D eigenvalue weighted by molar-refractivity contribution is -0.115. The van der Waals surface area contributed by atoms with Gasteiger partial charge < -0.3 is 5.32 Å². The summed E-state index contributed by atoms with van der Waals surface area (Å²) < 4.78 is 1.65. The molecule has 0 saturated carbocycles. The Morgan fingerprint density at radius 3 is 2.68 bits per heavy atom. The number of aromatic nitrogens is 3. The molecule has 0 fully saturated rings. The zero-order valence-corrected chi connectivity index (χ0v) is 13.2. The summed E-state index contributed by atoms with van der Waals surface area (Å²) in [5, 5.41) is 9.94. The van der Waals surface area contributed by atoms with Gasteiger partial charge in [0.15, 0.2) is 0 Å². The molecule has 0 aliphatic rings. The highest BCUT2D eigenvalue weighted by atomic mass is 32.1. The number of carbonyl (C=O) groups excluding carboxylic acids is 1. The highest BCUT2D eigenvalue weighted by Crippen LogP contribution is 2.22. The van der Waals surface area contributed by atoms with E-state index in [1.165, 1.54) is 0 Å². The van der Waals surface area contributed by atoms with Crippen LogP contribution < -0.4 is 5.32 Å². The first-order chi connectivity index (χ1) is 10.6. The molecule has 2 aromatic heterocycles. The number of nitrogens with zero attached hydrogens (tertiary/aromatic N) is 3. The van der Waals surface area contributed by atoms with Crippen LogP contribution in [0.15, 0.2) is 42.0 Å². The van der Waals surface area contributed by atoms with Crippen molar-refractivity contribution in [2.45, 2.75) is 13.3 Å². The molecule has 0 spiro atoms. The number of anilines is 1. The number of carbonyl (C=O) groups is 1. The summed E-state index contributed by atoms with van der Waals surface area (Å²) in [5.41, 5.74) is 3.73. The van der Waals surface area contributed by atoms with Crippen molar-refractivity contribution in [2.24, 2.45) is 7.05 Å². The summed E-state index contributed by atoms with van der Waals surface area (Å²) in [6.45, 7) is 1.99. The summed E-state index contributed by atoms with van der Waals surface area (Å²) >= 11 is 1.63. The van der Waals surface area contributed by atoms with Crippen LogP contribution in [0.25, 0.3) is 11.3 Å². The third-order valence-electron chi connectivity index (χ3n) is 3.22. The first-order valence-electron chi connectivity index (χ1n) is 6.90. The fraction of sp³-hybridized carbons (Fsp3) is 0.188. The molecular weight excluding hydrogens is 296 g/mol. The molecule has 0 bridgehead atoms. The summed E-state index contributed by atoms with van der Waals surface area (Å²) in [5.74, 6) is -0.0507. The lowest BCUT2D eigenvalue weighted by Gasteiger charge is -2.04. The first-order valence-corrected chi connectivity index (χ1v) is 7.78. The molecule has 3 aromatic rings. The Bertz CT molecular complexity index is 789. The van der Waals surface area contributed by atoms with Gasteiger partial charge in [0.25, 0.3) is 0 Å². The van der Waals surface area contributed by atoms with Gasteiger partial charge in [-0.1, -0.05) is 24.3 Å². The van der Waals surface area contributed by atoms with E-state index in [4.69, 9.17) is 0 Å². The van der Waals surface area contributed by atoms with Crippen molar-refractivity contribution >= 4 is 22.9 Å². The van der Waals surface area contributed by atoms with Gasteiger partial charge in [0.1, 0.15) is 0 Å². The molecule has 0 radical (unpaired) electrons. The molecule has 22 heavy (non-hydrogen) atoms. The Morgan fingerprint density at radius 1 is 1.32 bits per heavy atom. The van der Waals surface area contributed by atoms with E-state index in [2.05, 4.69) is 15.4 Å². The van der Waals surface area contributed by atoms with Crippen LogP contribution in [0, 0.1) is 6.92 Å². The van der Waals surface area contributed by atoms with E-state index in [9.17, 15) is 4.79 Å². The van der Waals surface area contributed by atoms with Crippen molar-refractivity contribution in [1.29, 1.82) is 0 Å². The maximum atomic E-state index is 12.0. The third kappa shape index (κ3) is 3.40.